The molecule has 0 aliphatic heterocycles. The number of alkyl halides is 3. The first-order valence-electron chi connectivity index (χ1n) is 8.54. The summed E-state index contributed by atoms with van der Waals surface area (Å²) in [4.78, 5) is 10.2. The van der Waals surface area contributed by atoms with Gasteiger partial charge in [-0.15, -0.1) is 0 Å². The second kappa shape index (κ2) is 9.77. The minimum atomic E-state index is -4.42. The Hall–Kier alpha value is -3.29. The van der Waals surface area contributed by atoms with Crippen LogP contribution in [0.1, 0.15) is 29.2 Å². The van der Waals surface area contributed by atoms with Crippen LogP contribution in [0.25, 0.3) is 0 Å². The van der Waals surface area contributed by atoms with Gasteiger partial charge in [0.25, 0.3) is 0 Å². The number of halogens is 3. The molecule has 0 radical (unpaired) electrons. The highest BCUT2D eigenvalue weighted by atomic mass is 19.4. The molecule has 0 heterocycles. The molecule has 0 fully saturated rings. The first-order chi connectivity index (χ1) is 13.8. The molecule has 0 aliphatic rings. The lowest BCUT2D eigenvalue weighted by Crippen LogP contribution is -2.10. The highest BCUT2D eigenvalue weighted by molar-refractivity contribution is 6.11. The molecule has 0 bridgehead atoms. The molecule has 154 valence electrons. The van der Waals surface area contributed by atoms with Crippen LogP contribution in [0.3, 0.4) is 0 Å². The first kappa shape index (κ1) is 22.0. The van der Waals surface area contributed by atoms with Crippen molar-refractivity contribution in [1.82, 2.24) is 0 Å². The molecule has 0 amide bonds. The number of nitrogens with zero attached hydrogens (tertiary/aromatic N) is 2. The molecule has 0 aliphatic carbocycles. The lowest BCUT2D eigenvalue weighted by atomic mass is 10.0. The SMILES string of the molecule is C=C(OC)/C(=N/OC)c1ccccc1CO/N=C(\C)c1cccc(C(F)(F)F)c1. The number of oxime groups is 2. The zero-order valence-corrected chi connectivity index (χ0v) is 16.3. The normalized spacial score (nSPS) is 12.5. The minimum absolute atomic E-state index is 0.0617. The molecule has 0 atom stereocenters. The number of hydrogen-bond acceptors (Lipinski definition) is 5. The summed E-state index contributed by atoms with van der Waals surface area (Å²) < 4.78 is 43.8. The van der Waals surface area contributed by atoms with Crippen LogP contribution in [0.15, 0.2) is 71.2 Å². The Balaban J connectivity index is 2.21. The fourth-order valence-corrected chi connectivity index (χ4v) is 2.49. The van der Waals surface area contributed by atoms with Gasteiger partial charge in [-0.2, -0.15) is 13.2 Å². The van der Waals surface area contributed by atoms with Gasteiger partial charge in [-0.3, -0.25) is 0 Å². The van der Waals surface area contributed by atoms with Gasteiger partial charge in [0.2, 0.25) is 0 Å². The molecule has 0 saturated carbocycles. The van der Waals surface area contributed by atoms with E-state index in [0.29, 0.717) is 28.3 Å². The summed E-state index contributed by atoms with van der Waals surface area (Å²) in [6.45, 7) is 5.43. The number of benzene rings is 2. The summed E-state index contributed by atoms with van der Waals surface area (Å²) in [5, 5.41) is 7.89. The molecule has 29 heavy (non-hydrogen) atoms. The minimum Gasteiger partial charge on any atom is -0.495 e. The van der Waals surface area contributed by atoms with Gasteiger partial charge in [-0.05, 0) is 24.6 Å². The smallest absolute Gasteiger partial charge is 0.416 e. The van der Waals surface area contributed by atoms with Crippen LogP contribution in [0.4, 0.5) is 13.2 Å². The molecule has 5 nitrogen and oxygen atoms in total. The Morgan fingerprint density at radius 2 is 1.76 bits per heavy atom. The van der Waals surface area contributed by atoms with Crippen molar-refractivity contribution in [2.45, 2.75) is 19.7 Å². The van der Waals surface area contributed by atoms with Crippen LogP contribution in [0.5, 0.6) is 0 Å². The molecule has 0 saturated heterocycles. The van der Waals surface area contributed by atoms with Crippen molar-refractivity contribution in [2.75, 3.05) is 14.2 Å². The van der Waals surface area contributed by atoms with Crippen LogP contribution in [-0.2, 0) is 27.2 Å². The third-order valence-electron chi connectivity index (χ3n) is 3.99. The quantitative estimate of drug-likeness (QED) is 0.346. The van der Waals surface area contributed by atoms with Crippen molar-refractivity contribution in [3.63, 3.8) is 0 Å². The zero-order chi connectivity index (χ0) is 21.4. The van der Waals surface area contributed by atoms with Crippen molar-refractivity contribution >= 4 is 11.4 Å². The molecule has 2 aromatic rings. The van der Waals surface area contributed by atoms with Gasteiger partial charge in [0.1, 0.15) is 19.5 Å². The van der Waals surface area contributed by atoms with E-state index in [9.17, 15) is 13.2 Å². The van der Waals surface area contributed by atoms with Gasteiger partial charge >= 0.3 is 6.18 Å². The van der Waals surface area contributed by atoms with E-state index < -0.39 is 11.7 Å². The van der Waals surface area contributed by atoms with Crippen LogP contribution in [0.2, 0.25) is 0 Å². The fourth-order valence-electron chi connectivity index (χ4n) is 2.49. The summed E-state index contributed by atoms with van der Waals surface area (Å²) in [6, 6.07) is 12.1. The van der Waals surface area contributed by atoms with E-state index in [2.05, 4.69) is 16.9 Å². The molecule has 0 aromatic heterocycles. The lowest BCUT2D eigenvalue weighted by molar-refractivity contribution is -0.137. The van der Waals surface area contributed by atoms with Gasteiger partial charge in [-0.25, -0.2) is 0 Å². The molecule has 0 unspecified atom stereocenters. The summed E-state index contributed by atoms with van der Waals surface area (Å²) in [5.74, 6) is 0.308. The Kier molecular flexibility index (Phi) is 7.41. The van der Waals surface area contributed by atoms with E-state index in [1.807, 2.05) is 12.1 Å². The maximum absolute atomic E-state index is 12.9. The average Bonchev–Trinajstić information content (AvgIpc) is 2.71. The number of rotatable bonds is 8. The second-order valence-electron chi connectivity index (χ2n) is 5.94. The third-order valence-corrected chi connectivity index (χ3v) is 3.99. The summed E-state index contributed by atoms with van der Waals surface area (Å²) in [5.41, 5.74) is 1.69. The monoisotopic (exact) mass is 406 g/mol. The first-order valence-corrected chi connectivity index (χ1v) is 8.54. The van der Waals surface area contributed by atoms with E-state index >= 15 is 0 Å². The average molecular weight is 406 g/mol. The maximum atomic E-state index is 12.9. The predicted molar refractivity (Wildman–Crippen MR) is 105 cm³/mol. The number of allylic oxidation sites excluding steroid dienone is 1. The van der Waals surface area contributed by atoms with Crippen molar-refractivity contribution in [3.05, 3.63) is 83.1 Å². The largest absolute Gasteiger partial charge is 0.495 e. The van der Waals surface area contributed by atoms with Crippen LogP contribution in [-0.4, -0.2) is 25.6 Å². The highest BCUT2D eigenvalue weighted by Gasteiger charge is 2.30. The Bertz CT molecular complexity index is 921. The van der Waals surface area contributed by atoms with E-state index in [0.717, 1.165) is 17.7 Å². The Labute approximate surface area is 167 Å². The predicted octanol–water partition coefficient (Wildman–Crippen LogP) is 5.16. The summed E-state index contributed by atoms with van der Waals surface area (Å²) in [7, 11) is 2.88. The third kappa shape index (κ3) is 5.84. The van der Waals surface area contributed by atoms with Gasteiger partial charge < -0.3 is 14.4 Å². The topological polar surface area (TPSA) is 52.4 Å². The molecule has 2 aromatic carbocycles. The van der Waals surface area contributed by atoms with Crippen molar-refractivity contribution in [1.29, 1.82) is 0 Å². The van der Waals surface area contributed by atoms with Crippen molar-refractivity contribution in [3.8, 4) is 0 Å². The molecule has 8 heteroatoms. The van der Waals surface area contributed by atoms with E-state index in [4.69, 9.17) is 14.4 Å². The maximum Gasteiger partial charge on any atom is 0.416 e. The molecule has 0 N–H and O–H groups in total. The van der Waals surface area contributed by atoms with E-state index in [1.54, 1.807) is 19.1 Å². The molecule has 2 rings (SSSR count). The van der Waals surface area contributed by atoms with Crippen LogP contribution < -0.4 is 0 Å². The highest BCUT2D eigenvalue weighted by Crippen LogP contribution is 2.29. The molecular weight excluding hydrogens is 385 g/mol. The van der Waals surface area contributed by atoms with E-state index in [-0.39, 0.29) is 6.61 Å². The number of ether oxygens (including phenoxy) is 1. The van der Waals surface area contributed by atoms with Gasteiger partial charge in [-0.1, -0.05) is 53.3 Å². The molecular formula is C21H21F3N2O3. The molecule has 0 spiro atoms. The summed E-state index contributed by atoms with van der Waals surface area (Å²) in [6.07, 6.45) is -4.42. The summed E-state index contributed by atoms with van der Waals surface area (Å²) >= 11 is 0. The Morgan fingerprint density at radius 3 is 2.41 bits per heavy atom. The van der Waals surface area contributed by atoms with Gasteiger partial charge in [0, 0.05) is 11.1 Å². The van der Waals surface area contributed by atoms with Gasteiger partial charge in [0.15, 0.2) is 5.71 Å². The number of hydrogen-bond donors (Lipinski definition) is 0. The standard InChI is InChI=1S/C21H21F3N2O3/c1-14(16-9-7-10-18(12-16)21(22,23)24)25-29-13-17-8-5-6-11-19(17)20(26-28-4)15(2)27-3/h5-12H,2,13H2,1,3-4H3/b25-14+,26-20-. The second-order valence-corrected chi connectivity index (χ2v) is 5.94. The number of methoxy groups -OCH3 is 1. The van der Waals surface area contributed by atoms with Gasteiger partial charge in [0.05, 0.1) is 18.4 Å². The van der Waals surface area contributed by atoms with E-state index in [1.165, 1.54) is 26.4 Å². The van der Waals surface area contributed by atoms with Crippen molar-refractivity contribution < 1.29 is 27.6 Å². The zero-order valence-electron chi connectivity index (χ0n) is 16.3. The Morgan fingerprint density at radius 1 is 1.03 bits per heavy atom. The van der Waals surface area contributed by atoms with Crippen molar-refractivity contribution in [2.24, 2.45) is 10.3 Å². The van der Waals surface area contributed by atoms with Crippen LogP contribution >= 0.6 is 0 Å². The fraction of sp³-hybridized carbons (Fsp3) is 0.238. The lowest BCUT2D eigenvalue weighted by Gasteiger charge is -2.12. The van der Waals surface area contributed by atoms with Crippen LogP contribution in [0, 0.1) is 0 Å².